The third kappa shape index (κ3) is 5.40. The summed E-state index contributed by atoms with van der Waals surface area (Å²) in [6, 6.07) is 0. The SMILES string of the molecule is CCCNc1ncnc(N(CC)CC(F)(F)F)c1CCC. The van der Waals surface area contributed by atoms with Crippen LogP contribution in [0.3, 0.4) is 0 Å². The van der Waals surface area contributed by atoms with Gasteiger partial charge in [0.2, 0.25) is 0 Å². The van der Waals surface area contributed by atoms with Gasteiger partial charge in [-0.15, -0.1) is 0 Å². The number of hydrogen-bond acceptors (Lipinski definition) is 4. The molecule has 0 aliphatic rings. The van der Waals surface area contributed by atoms with E-state index in [4.69, 9.17) is 0 Å². The van der Waals surface area contributed by atoms with E-state index in [0.29, 0.717) is 18.1 Å². The van der Waals surface area contributed by atoms with Gasteiger partial charge in [0.25, 0.3) is 0 Å². The molecule has 1 rings (SSSR count). The first-order valence-electron chi connectivity index (χ1n) is 7.32. The first-order chi connectivity index (χ1) is 9.92. The summed E-state index contributed by atoms with van der Waals surface area (Å²) in [4.78, 5) is 9.53. The van der Waals surface area contributed by atoms with Gasteiger partial charge in [0.15, 0.2) is 0 Å². The van der Waals surface area contributed by atoms with Crippen molar-refractivity contribution in [2.45, 2.75) is 46.2 Å². The Hall–Kier alpha value is -1.53. The minimum absolute atomic E-state index is 0.250. The second-order valence-electron chi connectivity index (χ2n) is 4.83. The molecule has 1 aromatic heterocycles. The van der Waals surface area contributed by atoms with Gasteiger partial charge < -0.3 is 10.2 Å². The lowest BCUT2D eigenvalue weighted by atomic mass is 10.1. The maximum atomic E-state index is 12.7. The van der Waals surface area contributed by atoms with E-state index in [2.05, 4.69) is 15.3 Å². The predicted molar refractivity (Wildman–Crippen MR) is 78.7 cm³/mol. The maximum absolute atomic E-state index is 12.7. The van der Waals surface area contributed by atoms with Crippen molar-refractivity contribution in [2.75, 3.05) is 29.9 Å². The minimum Gasteiger partial charge on any atom is -0.370 e. The molecule has 1 N–H and O–H groups in total. The highest BCUT2D eigenvalue weighted by molar-refractivity contribution is 5.59. The standard InChI is InChI=1S/C14H23F3N4/c1-4-7-11-12(18-8-5-2)19-10-20-13(11)21(6-3)9-14(15,16)17/h10H,4-9H2,1-3H3,(H,18,19,20). The average Bonchev–Trinajstić information content (AvgIpc) is 2.43. The molecule has 0 amide bonds. The van der Waals surface area contributed by atoms with Gasteiger partial charge in [-0.2, -0.15) is 13.2 Å². The molecule has 4 nitrogen and oxygen atoms in total. The van der Waals surface area contributed by atoms with Gasteiger partial charge >= 0.3 is 6.18 Å². The highest BCUT2D eigenvalue weighted by Crippen LogP contribution is 2.27. The molecule has 0 radical (unpaired) electrons. The number of halogens is 3. The molecule has 0 spiro atoms. The van der Waals surface area contributed by atoms with Crippen molar-refractivity contribution in [3.8, 4) is 0 Å². The Morgan fingerprint density at radius 2 is 1.86 bits per heavy atom. The minimum atomic E-state index is -4.25. The van der Waals surface area contributed by atoms with Crippen LogP contribution in [0.1, 0.15) is 39.2 Å². The van der Waals surface area contributed by atoms with Crippen LogP contribution in [-0.2, 0) is 6.42 Å². The smallest absolute Gasteiger partial charge is 0.370 e. The van der Waals surface area contributed by atoms with Crippen LogP contribution in [-0.4, -0.2) is 35.8 Å². The van der Waals surface area contributed by atoms with Crippen molar-refractivity contribution in [3.63, 3.8) is 0 Å². The predicted octanol–water partition coefficient (Wildman–Crippen LogP) is 3.64. The van der Waals surface area contributed by atoms with Crippen molar-refractivity contribution in [2.24, 2.45) is 0 Å². The van der Waals surface area contributed by atoms with Crippen molar-refractivity contribution in [3.05, 3.63) is 11.9 Å². The molecule has 0 fully saturated rings. The molecule has 120 valence electrons. The van der Waals surface area contributed by atoms with Crippen LogP contribution in [0.5, 0.6) is 0 Å². The lowest BCUT2D eigenvalue weighted by Gasteiger charge is -2.26. The van der Waals surface area contributed by atoms with Gasteiger partial charge in [0.05, 0.1) is 0 Å². The zero-order chi connectivity index (χ0) is 15.9. The molecule has 1 heterocycles. The number of nitrogens with one attached hydrogen (secondary N) is 1. The van der Waals surface area contributed by atoms with Crippen LogP contribution in [0, 0.1) is 0 Å². The number of hydrogen-bond donors (Lipinski definition) is 1. The molecule has 0 aliphatic carbocycles. The summed E-state index contributed by atoms with van der Waals surface area (Å²) in [5.74, 6) is 1.02. The summed E-state index contributed by atoms with van der Waals surface area (Å²) in [5, 5.41) is 3.17. The Balaban J connectivity index is 3.13. The lowest BCUT2D eigenvalue weighted by Crippen LogP contribution is -2.35. The van der Waals surface area contributed by atoms with Crippen LogP contribution in [0.25, 0.3) is 0 Å². The van der Waals surface area contributed by atoms with E-state index in [9.17, 15) is 13.2 Å². The van der Waals surface area contributed by atoms with Crippen LogP contribution in [0.15, 0.2) is 6.33 Å². The van der Waals surface area contributed by atoms with Gasteiger partial charge in [0.1, 0.15) is 24.5 Å². The summed E-state index contributed by atoms with van der Waals surface area (Å²) < 4.78 is 38.1. The monoisotopic (exact) mass is 304 g/mol. The molecule has 0 saturated carbocycles. The van der Waals surface area contributed by atoms with Gasteiger partial charge in [-0.1, -0.05) is 20.3 Å². The second-order valence-corrected chi connectivity index (χ2v) is 4.83. The zero-order valence-electron chi connectivity index (χ0n) is 12.8. The van der Waals surface area contributed by atoms with Crippen LogP contribution in [0.2, 0.25) is 0 Å². The average molecular weight is 304 g/mol. The first-order valence-corrected chi connectivity index (χ1v) is 7.32. The van der Waals surface area contributed by atoms with Crippen molar-refractivity contribution < 1.29 is 13.2 Å². The van der Waals surface area contributed by atoms with Gasteiger partial charge in [-0.3, -0.25) is 0 Å². The second kappa shape index (κ2) is 8.05. The van der Waals surface area contributed by atoms with E-state index >= 15 is 0 Å². The molecule has 0 saturated heterocycles. The Kier molecular flexibility index (Phi) is 6.71. The van der Waals surface area contributed by atoms with Crippen LogP contribution < -0.4 is 10.2 Å². The Morgan fingerprint density at radius 1 is 1.14 bits per heavy atom. The largest absolute Gasteiger partial charge is 0.405 e. The fraction of sp³-hybridized carbons (Fsp3) is 0.714. The summed E-state index contributed by atoms with van der Waals surface area (Å²) in [5.41, 5.74) is 0.763. The molecular formula is C14H23F3N4. The number of rotatable bonds is 8. The number of aromatic nitrogens is 2. The first kappa shape index (κ1) is 17.5. The summed E-state index contributed by atoms with van der Waals surface area (Å²) in [6.45, 7) is 5.70. The van der Waals surface area contributed by atoms with E-state index in [-0.39, 0.29) is 6.54 Å². The van der Waals surface area contributed by atoms with Gasteiger partial charge in [-0.05, 0) is 19.8 Å². The third-order valence-corrected chi connectivity index (χ3v) is 3.02. The molecule has 0 unspecified atom stereocenters. The Labute approximate surface area is 123 Å². The molecule has 0 aliphatic heterocycles. The van der Waals surface area contributed by atoms with E-state index < -0.39 is 12.7 Å². The quantitative estimate of drug-likeness (QED) is 0.796. The van der Waals surface area contributed by atoms with E-state index in [1.807, 2.05) is 13.8 Å². The third-order valence-electron chi connectivity index (χ3n) is 3.02. The molecule has 0 atom stereocenters. The van der Waals surface area contributed by atoms with Crippen molar-refractivity contribution >= 4 is 11.6 Å². The van der Waals surface area contributed by atoms with E-state index in [1.54, 1.807) is 6.92 Å². The fourth-order valence-corrected chi connectivity index (χ4v) is 2.10. The van der Waals surface area contributed by atoms with Crippen LogP contribution in [0.4, 0.5) is 24.8 Å². The molecule has 0 bridgehead atoms. The number of anilines is 2. The topological polar surface area (TPSA) is 41.1 Å². The number of alkyl halides is 3. The van der Waals surface area contributed by atoms with Gasteiger partial charge in [-0.25, -0.2) is 9.97 Å². The number of nitrogens with zero attached hydrogens (tertiary/aromatic N) is 3. The summed E-state index contributed by atoms with van der Waals surface area (Å²) in [6.07, 6.45) is -0.529. The Bertz CT molecular complexity index is 435. The van der Waals surface area contributed by atoms with Crippen LogP contribution >= 0.6 is 0 Å². The molecule has 7 heteroatoms. The van der Waals surface area contributed by atoms with E-state index in [1.165, 1.54) is 11.2 Å². The fourth-order valence-electron chi connectivity index (χ4n) is 2.10. The Morgan fingerprint density at radius 3 is 2.38 bits per heavy atom. The molecule has 0 aromatic carbocycles. The molecule has 21 heavy (non-hydrogen) atoms. The zero-order valence-corrected chi connectivity index (χ0v) is 12.8. The van der Waals surface area contributed by atoms with Crippen molar-refractivity contribution in [1.82, 2.24) is 9.97 Å². The normalized spacial score (nSPS) is 11.5. The summed E-state index contributed by atoms with van der Waals surface area (Å²) >= 11 is 0. The highest BCUT2D eigenvalue weighted by Gasteiger charge is 2.32. The summed E-state index contributed by atoms with van der Waals surface area (Å²) in [7, 11) is 0. The van der Waals surface area contributed by atoms with Crippen molar-refractivity contribution in [1.29, 1.82) is 0 Å². The lowest BCUT2D eigenvalue weighted by molar-refractivity contribution is -0.119. The van der Waals surface area contributed by atoms with E-state index in [0.717, 1.165) is 24.9 Å². The van der Waals surface area contributed by atoms with Gasteiger partial charge in [0, 0.05) is 18.7 Å². The highest BCUT2D eigenvalue weighted by atomic mass is 19.4. The molecule has 1 aromatic rings. The maximum Gasteiger partial charge on any atom is 0.405 e. The molecular weight excluding hydrogens is 281 g/mol.